The number of anilines is 1. The van der Waals surface area contributed by atoms with Crippen molar-refractivity contribution in [1.82, 2.24) is 5.32 Å². The largest absolute Gasteiger partial charge is 0.467 e. The van der Waals surface area contributed by atoms with Gasteiger partial charge in [0.05, 0.1) is 12.8 Å². The minimum atomic E-state index is -0.0650. The van der Waals surface area contributed by atoms with Gasteiger partial charge in [0.15, 0.2) is 0 Å². The number of carbonyl (C=O) groups excluding carboxylic acids is 1. The summed E-state index contributed by atoms with van der Waals surface area (Å²) in [4.78, 5) is 12.1. The molecule has 0 saturated carbocycles. The van der Waals surface area contributed by atoms with Crippen molar-refractivity contribution in [3.05, 3.63) is 53.5 Å². The number of aryl methyl sites for hydroxylation is 1. The Kier molecular flexibility index (Phi) is 3.23. The molecule has 3 rings (SSSR count). The molecular weight excluding hydrogens is 240 g/mol. The van der Waals surface area contributed by atoms with Crippen molar-refractivity contribution in [2.24, 2.45) is 0 Å². The number of furan rings is 1. The fourth-order valence-electron chi connectivity index (χ4n) is 2.30. The molecule has 0 saturated heterocycles. The number of amides is 1. The highest BCUT2D eigenvalue weighted by Gasteiger charge is 2.12. The molecule has 0 fully saturated rings. The molecule has 0 bridgehead atoms. The first-order valence-corrected chi connectivity index (χ1v) is 6.50. The fraction of sp³-hybridized carbons (Fsp3) is 0.267. The standard InChI is InChI=1S/C15H16N2O2/c18-15(17-10-13-4-2-8-19-13)12-5-6-14-11(9-12)3-1-7-16-14/h2,4-6,8-9,16H,1,3,7,10H2,(H,17,18). The van der Waals surface area contributed by atoms with Gasteiger partial charge in [-0.05, 0) is 48.7 Å². The smallest absolute Gasteiger partial charge is 0.251 e. The van der Waals surface area contributed by atoms with Crippen molar-refractivity contribution in [3.8, 4) is 0 Å². The quantitative estimate of drug-likeness (QED) is 0.887. The van der Waals surface area contributed by atoms with Crippen molar-refractivity contribution in [1.29, 1.82) is 0 Å². The molecule has 0 unspecified atom stereocenters. The molecule has 19 heavy (non-hydrogen) atoms. The van der Waals surface area contributed by atoms with Crippen LogP contribution in [0.2, 0.25) is 0 Å². The van der Waals surface area contributed by atoms with E-state index in [0.29, 0.717) is 12.1 Å². The van der Waals surface area contributed by atoms with Crippen LogP contribution in [0.15, 0.2) is 41.0 Å². The fourth-order valence-corrected chi connectivity index (χ4v) is 2.30. The second kappa shape index (κ2) is 5.18. The summed E-state index contributed by atoms with van der Waals surface area (Å²) in [5.74, 6) is 0.692. The van der Waals surface area contributed by atoms with Gasteiger partial charge >= 0.3 is 0 Å². The number of fused-ring (bicyclic) bond motifs is 1. The number of hydrogen-bond donors (Lipinski definition) is 2. The van der Waals surface area contributed by atoms with Gasteiger partial charge in [0, 0.05) is 17.8 Å². The molecule has 0 spiro atoms. The first-order valence-electron chi connectivity index (χ1n) is 6.50. The van der Waals surface area contributed by atoms with E-state index in [-0.39, 0.29) is 5.91 Å². The van der Waals surface area contributed by atoms with Gasteiger partial charge < -0.3 is 15.1 Å². The van der Waals surface area contributed by atoms with Crippen molar-refractivity contribution in [2.45, 2.75) is 19.4 Å². The van der Waals surface area contributed by atoms with Crippen molar-refractivity contribution < 1.29 is 9.21 Å². The lowest BCUT2D eigenvalue weighted by molar-refractivity contribution is 0.0948. The third-order valence-electron chi connectivity index (χ3n) is 3.31. The van der Waals surface area contributed by atoms with Crippen LogP contribution < -0.4 is 10.6 Å². The summed E-state index contributed by atoms with van der Waals surface area (Å²) in [5, 5.41) is 6.19. The molecular formula is C15H16N2O2. The highest BCUT2D eigenvalue weighted by atomic mass is 16.3. The van der Waals surface area contributed by atoms with E-state index in [2.05, 4.69) is 10.6 Å². The molecule has 2 N–H and O–H groups in total. The minimum absolute atomic E-state index is 0.0650. The van der Waals surface area contributed by atoms with E-state index >= 15 is 0 Å². The molecule has 1 amide bonds. The summed E-state index contributed by atoms with van der Waals surface area (Å²) in [6, 6.07) is 9.47. The lowest BCUT2D eigenvalue weighted by atomic mass is 10.0. The van der Waals surface area contributed by atoms with E-state index in [9.17, 15) is 4.79 Å². The normalized spacial score (nSPS) is 13.5. The zero-order chi connectivity index (χ0) is 13.1. The van der Waals surface area contributed by atoms with Crippen LogP contribution in [0.4, 0.5) is 5.69 Å². The maximum Gasteiger partial charge on any atom is 0.251 e. The van der Waals surface area contributed by atoms with Gasteiger partial charge in [-0.25, -0.2) is 0 Å². The highest BCUT2D eigenvalue weighted by Crippen LogP contribution is 2.22. The summed E-state index contributed by atoms with van der Waals surface area (Å²) < 4.78 is 5.19. The third-order valence-corrected chi connectivity index (χ3v) is 3.31. The van der Waals surface area contributed by atoms with E-state index in [1.807, 2.05) is 30.3 Å². The Morgan fingerprint density at radius 1 is 1.37 bits per heavy atom. The van der Waals surface area contributed by atoms with E-state index in [1.165, 1.54) is 5.56 Å². The second-order valence-corrected chi connectivity index (χ2v) is 4.66. The predicted molar refractivity (Wildman–Crippen MR) is 73.1 cm³/mol. The Labute approximate surface area is 111 Å². The molecule has 2 aromatic rings. The van der Waals surface area contributed by atoms with Crippen molar-refractivity contribution >= 4 is 11.6 Å². The molecule has 0 aliphatic carbocycles. The van der Waals surface area contributed by atoms with Crippen LogP contribution in [0.5, 0.6) is 0 Å². The molecule has 98 valence electrons. The maximum atomic E-state index is 12.1. The first kappa shape index (κ1) is 11.8. The zero-order valence-corrected chi connectivity index (χ0v) is 10.6. The highest BCUT2D eigenvalue weighted by molar-refractivity contribution is 5.94. The summed E-state index contributed by atoms with van der Waals surface area (Å²) in [6.07, 6.45) is 3.75. The van der Waals surface area contributed by atoms with E-state index in [1.54, 1.807) is 6.26 Å². The number of benzene rings is 1. The van der Waals surface area contributed by atoms with E-state index < -0.39 is 0 Å². The Hall–Kier alpha value is -2.23. The second-order valence-electron chi connectivity index (χ2n) is 4.66. The molecule has 4 nitrogen and oxygen atoms in total. The summed E-state index contributed by atoms with van der Waals surface area (Å²) in [7, 11) is 0. The average Bonchev–Trinajstić information content (AvgIpc) is 2.97. The molecule has 1 aliphatic rings. The van der Waals surface area contributed by atoms with Crippen molar-refractivity contribution in [2.75, 3.05) is 11.9 Å². The average molecular weight is 256 g/mol. The first-order chi connectivity index (χ1) is 9.33. The van der Waals surface area contributed by atoms with Crippen LogP contribution in [0, 0.1) is 0 Å². The molecule has 4 heteroatoms. The Bertz CT molecular complexity index is 576. The molecule has 1 aromatic heterocycles. The number of nitrogens with one attached hydrogen (secondary N) is 2. The van der Waals surface area contributed by atoms with E-state index in [0.717, 1.165) is 30.8 Å². The number of carbonyl (C=O) groups is 1. The number of hydrogen-bond acceptors (Lipinski definition) is 3. The minimum Gasteiger partial charge on any atom is -0.467 e. The lowest BCUT2D eigenvalue weighted by Crippen LogP contribution is -2.23. The molecule has 2 heterocycles. The SMILES string of the molecule is O=C(NCc1ccco1)c1ccc2c(c1)CCCN2. The Morgan fingerprint density at radius 2 is 2.32 bits per heavy atom. The third kappa shape index (κ3) is 2.62. The van der Waals surface area contributed by atoms with Crippen LogP contribution in [0.25, 0.3) is 0 Å². The van der Waals surface area contributed by atoms with Gasteiger partial charge in [0.2, 0.25) is 0 Å². The predicted octanol–water partition coefficient (Wildman–Crippen LogP) is 2.57. The van der Waals surface area contributed by atoms with Crippen molar-refractivity contribution in [3.63, 3.8) is 0 Å². The summed E-state index contributed by atoms with van der Waals surface area (Å²) in [6.45, 7) is 1.43. The molecule has 0 atom stereocenters. The van der Waals surface area contributed by atoms with Gasteiger partial charge in [-0.15, -0.1) is 0 Å². The van der Waals surface area contributed by atoms with Gasteiger partial charge in [0.25, 0.3) is 5.91 Å². The maximum absolute atomic E-state index is 12.1. The summed E-state index contributed by atoms with van der Waals surface area (Å²) >= 11 is 0. The van der Waals surface area contributed by atoms with Crippen LogP contribution in [-0.2, 0) is 13.0 Å². The zero-order valence-electron chi connectivity index (χ0n) is 10.6. The van der Waals surface area contributed by atoms with Gasteiger partial charge in [-0.3, -0.25) is 4.79 Å². The van der Waals surface area contributed by atoms with Crippen LogP contribution in [0.3, 0.4) is 0 Å². The van der Waals surface area contributed by atoms with Crippen LogP contribution in [-0.4, -0.2) is 12.5 Å². The monoisotopic (exact) mass is 256 g/mol. The van der Waals surface area contributed by atoms with Crippen LogP contribution in [0.1, 0.15) is 28.1 Å². The van der Waals surface area contributed by atoms with Gasteiger partial charge in [0.1, 0.15) is 5.76 Å². The molecule has 0 radical (unpaired) electrons. The van der Waals surface area contributed by atoms with E-state index in [4.69, 9.17) is 4.42 Å². The Balaban J connectivity index is 1.69. The molecule has 1 aromatic carbocycles. The Morgan fingerprint density at radius 3 is 3.16 bits per heavy atom. The number of rotatable bonds is 3. The van der Waals surface area contributed by atoms with Crippen LogP contribution >= 0.6 is 0 Å². The topological polar surface area (TPSA) is 54.3 Å². The van der Waals surface area contributed by atoms with Gasteiger partial charge in [-0.2, -0.15) is 0 Å². The molecule has 1 aliphatic heterocycles. The van der Waals surface area contributed by atoms with Gasteiger partial charge in [-0.1, -0.05) is 0 Å². The summed E-state index contributed by atoms with van der Waals surface area (Å²) in [5.41, 5.74) is 3.07. The lowest BCUT2D eigenvalue weighted by Gasteiger charge is -2.18.